The second-order valence-electron chi connectivity index (χ2n) is 10.4. The topological polar surface area (TPSA) is 108 Å². The van der Waals surface area contributed by atoms with Crippen LogP contribution in [0.25, 0.3) is 0 Å². The zero-order valence-electron chi connectivity index (χ0n) is 25.3. The van der Waals surface area contributed by atoms with E-state index in [9.17, 15) is 19.0 Å². The van der Waals surface area contributed by atoms with E-state index in [1.165, 1.54) is 0 Å². The number of quaternary nitrogens is 1. The Morgan fingerprint density at radius 1 is 0.800 bits per heavy atom. The van der Waals surface area contributed by atoms with Gasteiger partial charge in [0.15, 0.2) is 6.10 Å². The third kappa shape index (κ3) is 26.2. The molecule has 0 aromatic carbocycles. The Kier molecular flexibility index (Phi) is 22.5. The number of carbonyl (C=O) groups excluding carboxylic acids is 2. The van der Waals surface area contributed by atoms with Crippen LogP contribution < -0.4 is 0 Å². The van der Waals surface area contributed by atoms with Crippen molar-refractivity contribution in [1.29, 1.82) is 0 Å². The fourth-order valence-electron chi connectivity index (χ4n) is 3.08. The Morgan fingerprint density at radius 2 is 1.40 bits per heavy atom. The molecule has 230 valence electrons. The summed E-state index contributed by atoms with van der Waals surface area (Å²) < 4.78 is 33.5. The fraction of sp³-hybridized carbons (Fsp3) is 0.667. The maximum atomic E-state index is 12.4. The molecule has 1 N–H and O–H groups in total. The number of hydrogen-bond donors (Lipinski definition) is 1. The standard InChI is InChI=1S/C30H52NO8P/c1-6-8-10-11-12-13-14-15-16-17-18-19-21-23-30(33)39-28(26-36-29(32)22-20-9-7-2)27-38-40(34,35)37-25-24-31(3,4)5/h8,10,12-13,15-16,18-19,28H,6-7,9,11,14,17,20-27H2,1-5H3/p+1/b10-8-,13-12-,16-15-,19-18-. The number of phosphoric acid groups is 1. The van der Waals surface area contributed by atoms with Crippen LogP contribution in [0.1, 0.15) is 78.1 Å². The smallest absolute Gasteiger partial charge is 0.462 e. The summed E-state index contributed by atoms with van der Waals surface area (Å²) in [7, 11) is 1.42. The summed E-state index contributed by atoms with van der Waals surface area (Å²) in [6.45, 7) is 3.97. The largest absolute Gasteiger partial charge is 0.472 e. The van der Waals surface area contributed by atoms with Crippen molar-refractivity contribution in [2.45, 2.75) is 84.2 Å². The highest BCUT2D eigenvalue weighted by molar-refractivity contribution is 7.47. The van der Waals surface area contributed by atoms with E-state index in [0.717, 1.165) is 38.5 Å². The molecular formula is C30H53NO8P+. The number of carbonyl (C=O) groups is 2. The van der Waals surface area contributed by atoms with E-state index in [1.807, 2.05) is 40.2 Å². The van der Waals surface area contributed by atoms with Gasteiger partial charge >= 0.3 is 19.8 Å². The van der Waals surface area contributed by atoms with Gasteiger partial charge in [0.05, 0.1) is 27.7 Å². The molecule has 0 aromatic heterocycles. The van der Waals surface area contributed by atoms with Crippen molar-refractivity contribution in [3.63, 3.8) is 0 Å². The second-order valence-corrected chi connectivity index (χ2v) is 11.9. The Balaban J connectivity index is 4.61. The molecule has 0 saturated heterocycles. The summed E-state index contributed by atoms with van der Waals surface area (Å²) in [5, 5.41) is 0. The van der Waals surface area contributed by atoms with Crippen molar-refractivity contribution < 1.29 is 42.1 Å². The van der Waals surface area contributed by atoms with Crippen molar-refractivity contribution in [2.24, 2.45) is 0 Å². The number of rotatable bonds is 24. The van der Waals surface area contributed by atoms with E-state index in [4.69, 9.17) is 18.5 Å². The lowest BCUT2D eigenvalue weighted by molar-refractivity contribution is -0.870. The van der Waals surface area contributed by atoms with Gasteiger partial charge in [0.25, 0.3) is 0 Å². The summed E-state index contributed by atoms with van der Waals surface area (Å²) in [6.07, 6.45) is 22.7. The molecule has 0 saturated carbocycles. The molecule has 0 heterocycles. The number of unbranched alkanes of at least 4 members (excludes halogenated alkanes) is 2. The quantitative estimate of drug-likeness (QED) is 0.0452. The predicted octanol–water partition coefficient (Wildman–Crippen LogP) is 6.45. The number of hydrogen-bond acceptors (Lipinski definition) is 7. The second kappa shape index (κ2) is 23.7. The summed E-state index contributed by atoms with van der Waals surface area (Å²) in [6, 6.07) is 0. The molecule has 0 amide bonds. The Bertz CT molecular complexity index is 845. The third-order valence-electron chi connectivity index (χ3n) is 5.39. The van der Waals surface area contributed by atoms with Gasteiger partial charge < -0.3 is 18.9 Å². The van der Waals surface area contributed by atoms with Gasteiger partial charge in [0.1, 0.15) is 19.8 Å². The van der Waals surface area contributed by atoms with Crippen LogP contribution >= 0.6 is 7.82 Å². The SMILES string of the molecule is CC/C=C\C/C=C\C/C=C\C/C=C\CCC(=O)OC(COC(=O)CCCCC)COP(=O)(O)OCC[N+](C)(C)C. The molecule has 0 aromatic rings. The first-order valence-corrected chi connectivity index (χ1v) is 15.9. The van der Waals surface area contributed by atoms with Crippen LogP contribution in [0.15, 0.2) is 48.6 Å². The first kappa shape index (κ1) is 38.0. The van der Waals surface area contributed by atoms with Crippen LogP contribution in [0, 0.1) is 0 Å². The zero-order chi connectivity index (χ0) is 30.1. The van der Waals surface area contributed by atoms with Gasteiger partial charge in [-0.15, -0.1) is 0 Å². The predicted molar refractivity (Wildman–Crippen MR) is 160 cm³/mol. The van der Waals surface area contributed by atoms with Gasteiger partial charge in [-0.1, -0.05) is 75.3 Å². The van der Waals surface area contributed by atoms with Crippen LogP contribution in [-0.4, -0.2) is 74.9 Å². The van der Waals surface area contributed by atoms with Gasteiger partial charge in [-0.25, -0.2) is 4.57 Å². The number of allylic oxidation sites excluding steroid dienone is 8. The molecule has 0 spiro atoms. The molecule has 0 fully saturated rings. The van der Waals surface area contributed by atoms with Crippen LogP contribution in [0.4, 0.5) is 0 Å². The van der Waals surface area contributed by atoms with Crippen molar-refractivity contribution in [3.05, 3.63) is 48.6 Å². The third-order valence-corrected chi connectivity index (χ3v) is 6.37. The summed E-state index contributed by atoms with van der Waals surface area (Å²) in [5.41, 5.74) is 0. The van der Waals surface area contributed by atoms with Gasteiger partial charge in [-0.05, 0) is 38.5 Å². The molecule has 0 bridgehead atoms. The van der Waals surface area contributed by atoms with Crippen LogP contribution in [0.5, 0.6) is 0 Å². The first-order chi connectivity index (χ1) is 19.0. The lowest BCUT2D eigenvalue weighted by Crippen LogP contribution is -2.37. The molecule has 10 heteroatoms. The van der Waals surface area contributed by atoms with E-state index in [-0.39, 0.29) is 26.1 Å². The maximum absolute atomic E-state index is 12.4. The summed E-state index contributed by atoms with van der Waals surface area (Å²) >= 11 is 0. The van der Waals surface area contributed by atoms with Gasteiger partial charge in [0, 0.05) is 12.8 Å². The van der Waals surface area contributed by atoms with Gasteiger partial charge in [-0.2, -0.15) is 0 Å². The highest BCUT2D eigenvalue weighted by Gasteiger charge is 2.26. The van der Waals surface area contributed by atoms with Crippen molar-refractivity contribution >= 4 is 19.8 Å². The van der Waals surface area contributed by atoms with Crippen LogP contribution in [-0.2, 0) is 32.7 Å². The number of esters is 2. The maximum Gasteiger partial charge on any atom is 0.472 e. The lowest BCUT2D eigenvalue weighted by atomic mass is 10.2. The minimum Gasteiger partial charge on any atom is -0.462 e. The Labute approximate surface area is 242 Å². The molecule has 0 radical (unpaired) electrons. The molecule has 2 unspecified atom stereocenters. The molecule has 2 atom stereocenters. The van der Waals surface area contributed by atoms with Crippen LogP contribution in [0.2, 0.25) is 0 Å². The van der Waals surface area contributed by atoms with Crippen molar-refractivity contribution in [1.82, 2.24) is 0 Å². The normalized spacial score (nSPS) is 14.8. The molecule has 0 aliphatic heterocycles. The monoisotopic (exact) mass is 586 g/mol. The Morgan fingerprint density at radius 3 is 1.98 bits per heavy atom. The van der Waals surface area contributed by atoms with E-state index in [0.29, 0.717) is 23.9 Å². The van der Waals surface area contributed by atoms with E-state index >= 15 is 0 Å². The van der Waals surface area contributed by atoms with Gasteiger partial charge in [0.2, 0.25) is 0 Å². The zero-order valence-corrected chi connectivity index (χ0v) is 26.2. The molecule has 0 aliphatic carbocycles. The summed E-state index contributed by atoms with van der Waals surface area (Å²) in [5.74, 6) is -0.933. The molecule has 9 nitrogen and oxygen atoms in total. The molecule has 0 aliphatic rings. The lowest BCUT2D eigenvalue weighted by Gasteiger charge is -2.24. The first-order valence-electron chi connectivity index (χ1n) is 14.4. The minimum atomic E-state index is -4.36. The van der Waals surface area contributed by atoms with Crippen LogP contribution in [0.3, 0.4) is 0 Å². The molecule has 0 rings (SSSR count). The Hall–Kier alpha value is -2.03. The number of likely N-dealkylation sites (N-methyl/N-ethyl adjacent to an activating group) is 1. The van der Waals surface area contributed by atoms with E-state index < -0.39 is 32.5 Å². The van der Waals surface area contributed by atoms with E-state index in [2.05, 4.69) is 43.4 Å². The average Bonchev–Trinajstić information content (AvgIpc) is 2.87. The average molecular weight is 587 g/mol. The van der Waals surface area contributed by atoms with Crippen molar-refractivity contribution in [2.75, 3.05) is 47.5 Å². The number of ether oxygens (including phenoxy) is 2. The van der Waals surface area contributed by atoms with Crippen molar-refractivity contribution in [3.8, 4) is 0 Å². The molecule has 40 heavy (non-hydrogen) atoms. The van der Waals surface area contributed by atoms with Gasteiger partial charge in [-0.3, -0.25) is 18.6 Å². The van der Waals surface area contributed by atoms with E-state index in [1.54, 1.807) is 0 Å². The highest BCUT2D eigenvalue weighted by atomic mass is 31.2. The fourth-order valence-corrected chi connectivity index (χ4v) is 3.82. The summed E-state index contributed by atoms with van der Waals surface area (Å²) in [4.78, 5) is 34.4. The molecular weight excluding hydrogens is 533 g/mol. The number of nitrogens with zero attached hydrogens (tertiary/aromatic N) is 1. The highest BCUT2D eigenvalue weighted by Crippen LogP contribution is 2.43. The minimum absolute atomic E-state index is 0.0169. The number of phosphoric ester groups is 1.